The lowest BCUT2D eigenvalue weighted by atomic mass is 10.0. The zero-order valence-electron chi connectivity index (χ0n) is 10.5. The zero-order valence-corrected chi connectivity index (χ0v) is 11.3. The summed E-state index contributed by atoms with van der Waals surface area (Å²) < 4.78 is 0. The molecule has 1 atom stereocenters. The number of nitriles is 1. The largest absolute Gasteiger partial charge is 0.295 e. The zero-order chi connectivity index (χ0) is 13.2. The Morgan fingerprint density at radius 3 is 3.21 bits per heavy atom. The summed E-state index contributed by atoms with van der Waals surface area (Å²) in [6.07, 6.45) is 2.84. The Kier molecular flexibility index (Phi) is 3.41. The number of nitrogens with zero attached hydrogens (tertiary/aromatic N) is 2. The molecule has 96 valence electrons. The van der Waals surface area contributed by atoms with Gasteiger partial charge in [0, 0.05) is 24.9 Å². The molecule has 2 aliphatic heterocycles. The van der Waals surface area contributed by atoms with Crippen molar-refractivity contribution in [1.29, 1.82) is 5.26 Å². The molecule has 1 unspecified atom stereocenters. The van der Waals surface area contributed by atoms with E-state index in [1.807, 2.05) is 18.2 Å². The van der Waals surface area contributed by atoms with Crippen molar-refractivity contribution in [3.8, 4) is 6.07 Å². The van der Waals surface area contributed by atoms with Gasteiger partial charge in [-0.1, -0.05) is 23.9 Å². The maximum Gasteiger partial charge on any atom is 0.212 e. The highest BCUT2D eigenvalue weighted by Gasteiger charge is 2.30. The molecule has 4 heteroatoms. The molecule has 1 fully saturated rings. The Morgan fingerprint density at radius 2 is 2.37 bits per heavy atom. The second kappa shape index (κ2) is 5.20. The molecule has 0 amide bonds. The standard InChI is InChI=1S/C15H14N2OS/c16-8-11-2-1-3-12(6-11)9-17-5-4-14-13(10-17)7-15(18)19-14/h1-3,6-7,14H,4-5,9-10H2. The van der Waals surface area contributed by atoms with Crippen molar-refractivity contribution in [2.75, 3.05) is 13.1 Å². The minimum atomic E-state index is 0.202. The second-order valence-electron chi connectivity index (χ2n) is 4.96. The molecule has 0 aromatic heterocycles. The summed E-state index contributed by atoms with van der Waals surface area (Å²) in [6.45, 7) is 2.73. The average molecular weight is 270 g/mol. The van der Waals surface area contributed by atoms with E-state index in [4.69, 9.17) is 5.26 Å². The number of carbonyl (C=O) groups is 1. The highest BCUT2D eigenvalue weighted by Crippen LogP contribution is 2.34. The molecule has 2 aliphatic rings. The maximum atomic E-state index is 11.4. The lowest BCUT2D eigenvalue weighted by molar-refractivity contribution is -0.106. The van der Waals surface area contributed by atoms with Crippen LogP contribution in [0.15, 0.2) is 35.9 Å². The van der Waals surface area contributed by atoms with Gasteiger partial charge in [0.05, 0.1) is 11.6 Å². The molecule has 0 aliphatic carbocycles. The van der Waals surface area contributed by atoms with E-state index in [1.165, 1.54) is 17.3 Å². The molecular formula is C15H14N2OS. The molecule has 0 spiro atoms. The number of fused-ring (bicyclic) bond motifs is 1. The molecule has 19 heavy (non-hydrogen) atoms. The smallest absolute Gasteiger partial charge is 0.212 e. The summed E-state index contributed by atoms with van der Waals surface area (Å²) in [5.41, 5.74) is 3.13. The molecule has 1 saturated heterocycles. The summed E-state index contributed by atoms with van der Waals surface area (Å²) in [6, 6.07) is 9.91. The number of piperidine rings is 1. The summed E-state index contributed by atoms with van der Waals surface area (Å²) in [5, 5.41) is 9.52. The Morgan fingerprint density at radius 1 is 1.47 bits per heavy atom. The van der Waals surface area contributed by atoms with Crippen molar-refractivity contribution in [2.24, 2.45) is 0 Å². The van der Waals surface area contributed by atoms with Crippen LogP contribution in [0.25, 0.3) is 0 Å². The van der Waals surface area contributed by atoms with Crippen LogP contribution in [-0.4, -0.2) is 28.4 Å². The van der Waals surface area contributed by atoms with Crippen LogP contribution < -0.4 is 0 Å². The van der Waals surface area contributed by atoms with Crippen LogP contribution in [0.2, 0.25) is 0 Å². The van der Waals surface area contributed by atoms with E-state index in [0.717, 1.165) is 31.6 Å². The van der Waals surface area contributed by atoms with Crippen molar-refractivity contribution < 1.29 is 4.79 Å². The van der Waals surface area contributed by atoms with E-state index in [9.17, 15) is 4.79 Å². The van der Waals surface area contributed by atoms with E-state index in [1.54, 1.807) is 6.08 Å². The first-order valence-electron chi connectivity index (χ1n) is 6.37. The Bertz CT molecular complexity index is 588. The van der Waals surface area contributed by atoms with Crippen LogP contribution in [0.1, 0.15) is 17.5 Å². The van der Waals surface area contributed by atoms with Crippen LogP contribution >= 0.6 is 11.8 Å². The molecule has 2 heterocycles. The molecular weight excluding hydrogens is 256 g/mol. The van der Waals surface area contributed by atoms with Gasteiger partial charge < -0.3 is 0 Å². The molecule has 1 aromatic rings. The monoisotopic (exact) mass is 270 g/mol. The van der Waals surface area contributed by atoms with E-state index in [0.29, 0.717) is 10.8 Å². The fourth-order valence-corrected chi connectivity index (χ4v) is 3.67. The first-order chi connectivity index (χ1) is 9.24. The van der Waals surface area contributed by atoms with E-state index in [-0.39, 0.29) is 5.12 Å². The summed E-state index contributed by atoms with van der Waals surface area (Å²) in [5.74, 6) is 0. The Hall–Kier alpha value is -1.57. The van der Waals surface area contributed by atoms with Gasteiger partial charge >= 0.3 is 0 Å². The number of likely N-dealkylation sites (tertiary alicyclic amines) is 1. The number of carbonyl (C=O) groups excluding carboxylic acids is 1. The SMILES string of the molecule is N#Cc1cccc(CN2CCC3SC(=O)C=C3C2)c1. The van der Waals surface area contributed by atoms with Crippen LogP contribution in [0.3, 0.4) is 0 Å². The third kappa shape index (κ3) is 2.73. The van der Waals surface area contributed by atoms with Crippen molar-refractivity contribution in [3.05, 3.63) is 47.0 Å². The molecule has 0 saturated carbocycles. The quantitative estimate of drug-likeness (QED) is 0.827. The lowest BCUT2D eigenvalue weighted by Crippen LogP contribution is -2.35. The van der Waals surface area contributed by atoms with Gasteiger partial charge in [-0.3, -0.25) is 9.69 Å². The van der Waals surface area contributed by atoms with Gasteiger partial charge in [0.1, 0.15) is 0 Å². The van der Waals surface area contributed by atoms with Crippen molar-refractivity contribution in [2.45, 2.75) is 18.2 Å². The van der Waals surface area contributed by atoms with Gasteiger partial charge in [0.25, 0.3) is 0 Å². The predicted octanol–water partition coefficient (Wildman–Crippen LogP) is 2.33. The maximum absolute atomic E-state index is 11.4. The lowest BCUT2D eigenvalue weighted by Gasteiger charge is -2.31. The third-order valence-corrected chi connectivity index (χ3v) is 4.72. The number of hydrogen-bond donors (Lipinski definition) is 0. The van der Waals surface area contributed by atoms with Gasteiger partial charge in [0.15, 0.2) is 0 Å². The number of thioether (sulfide) groups is 1. The van der Waals surface area contributed by atoms with E-state index >= 15 is 0 Å². The molecule has 0 bridgehead atoms. The summed E-state index contributed by atoms with van der Waals surface area (Å²) in [4.78, 5) is 13.7. The van der Waals surface area contributed by atoms with Gasteiger partial charge in [-0.05, 0) is 35.8 Å². The highest BCUT2D eigenvalue weighted by atomic mass is 32.2. The number of hydrogen-bond acceptors (Lipinski definition) is 4. The minimum Gasteiger partial charge on any atom is -0.295 e. The van der Waals surface area contributed by atoms with Gasteiger partial charge in [-0.2, -0.15) is 5.26 Å². The molecule has 3 rings (SSSR count). The summed E-state index contributed by atoms with van der Waals surface area (Å²) >= 11 is 1.46. The van der Waals surface area contributed by atoms with Crippen LogP contribution in [-0.2, 0) is 11.3 Å². The average Bonchev–Trinajstić information content (AvgIpc) is 2.78. The molecule has 0 N–H and O–H groups in total. The van der Waals surface area contributed by atoms with Gasteiger partial charge in [-0.15, -0.1) is 0 Å². The normalized spacial score (nSPS) is 22.8. The van der Waals surface area contributed by atoms with E-state index in [2.05, 4.69) is 17.0 Å². The Labute approximate surface area is 116 Å². The van der Waals surface area contributed by atoms with Crippen LogP contribution in [0, 0.1) is 11.3 Å². The molecule has 3 nitrogen and oxygen atoms in total. The van der Waals surface area contributed by atoms with Crippen LogP contribution in [0.5, 0.6) is 0 Å². The van der Waals surface area contributed by atoms with Crippen molar-refractivity contribution in [3.63, 3.8) is 0 Å². The first kappa shape index (κ1) is 12.5. The van der Waals surface area contributed by atoms with Gasteiger partial charge in [0.2, 0.25) is 5.12 Å². The molecule has 0 radical (unpaired) electrons. The number of rotatable bonds is 2. The van der Waals surface area contributed by atoms with Crippen molar-refractivity contribution >= 4 is 16.9 Å². The summed E-state index contributed by atoms with van der Waals surface area (Å²) in [7, 11) is 0. The third-order valence-electron chi connectivity index (χ3n) is 3.55. The number of benzene rings is 1. The van der Waals surface area contributed by atoms with Gasteiger partial charge in [-0.25, -0.2) is 0 Å². The van der Waals surface area contributed by atoms with Crippen LogP contribution in [0.4, 0.5) is 0 Å². The second-order valence-corrected chi connectivity index (χ2v) is 6.16. The van der Waals surface area contributed by atoms with Crippen molar-refractivity contribution in [1.82, 2.24) is 4.90 Å². The van der Waals surface area contributed by atoms with E-state index < -0.39 is 0 Å². The predicted molar refractivity (Wildman–Crippen MR) is 75.5 cm³/mol. The molecule has 1 aromatic carbocycles. The highest BCUT2D eigenvalue weighted by molar-refractivity contribution is 8.15. The first-order valence-corrected chi connectivity index (χ1v) is 7.25. The fourth-order valence-electron chi connectivity index (χ4n) is 2.66. The minimum absolute atomic E-state index is 0.202. The fraction of sp³-hybridized carbons (Fsp3) is 0.333. The topological polar surface area (TPSA) is 44.1 Å². The Balaban J connectivity index is 1.69.